The summed E-state index contributed by atoms with van der Waals surface area (Å²) in [6, 6.07) is 16.7. The van der Waals surface area contributed by atoms with Crippen molar-refractivity contribution in [2.45, 2.75) is 39.4 Å². The Bertz CT molecular complexity index is 1720. The molecule has 2 N–H and O–H groups in total. The van der Waals surface area contributed by atoms with Crippen molar-refractivity contribution in [2.24, 2.45) is 0 Å². The summed E-state index contributed by atoms with van der Waals surface area (Å²) < 4.78 is 44.2. The van der Waals surface area contributed by atoms with E-state index in [4.69, 9.17) is 0 Å². The number of hydrogen-bond donors (Lipinski definition) is 2. The maximum absolute atomic E-state index is 14.1. The quantitative estimate of drug-likeness (QED) is 0.244. The van der Waals surface area contributed by atoms with Crippen LogP contribution in [0, 0.1) is 0 Å². The fraction of sp³-hybridized carbons (Fsp3) is 0.207. The molecule has 3 aromatic heterocycles. The average molecular weight is 562 g/mol. The minimum absolute atomic E-state index is 0.0383. The molecule has 5 aromatic rings. The highest BCUT2D eigenvalue weighted by molar-refractivity contribution is 6.13. The Morgan fingerprint density at radius 2 is 1.68 bits per heavy atom. The molecule has 0 bridgehead atoms. The van der Waals surface area contributed by atoms with Gasteiger partial charge in [-0.3, -0.25) is 14.3 Å². The number of para-hydroxylation sites is 1. The zero-order valence-corrected chi connectivity index (χ0v) is 22.4. The van der Waals surface area contributed by atoms with E-state index in [2.05, 4.69) is 25.8 Å². The second-order valence-corrected chi connectivity index (χ2v) is 9.62. The van der Waals surface area contributed by atoms with Crippen LogP contribution in [0.1, 0.15) is 58.8 Å². The van der Waals surface area contributed by atoms with Crippen LogP contribution in [0.2, 0.25) is 0 Å². The minimum atomic E-state index is -4.77. The zero-order valence-electron chi connectivity index (χ0n) is 22.4. The lowest BCUT2D eigenvalue weighted by molar-refractivity contribution is -0.142. The number of rotatable bonds is 7. The molecule has 0 radical (unpaired) electrons. The van der Waals surface area contributed by atoms with E-state index in [0.717, 1.165) is 17.8 Å². The van der Waals surface area contributed by atoms with Crippen LogP contribution in [0.5, 0.6) is 0 Å². The molecule has 0 aliphatic heterocycles. The normalized spacial score (nSPS) is 11.7. The first kappa shape index (κ1) is 27.6. The van der Waals surface area contributed by atoms with Gasteiger partial charge in [-0.15, -0.1) is 0 Å². The largest absolute Gasteiger partial charge is 0.433 e. The van der Waals surface area contributed by atoms with E-state index in [1.165, 1.54) is 10.9 Å². The lowest BCUT2D eigenvalue weighted by Gasteiger charge is -2.12. The van der Waals surface area contributed by atoms with Crippen molar-refractivity contribution < 1.29 is 22.8 Å². The molecule has 9 nitrogen and oxygen atoms in total. The number of halogens is 3. The molecule has 0 aliphatic rings. The molecule has 41 heavy (non-hydrogen) atoms. The third kappa shape index (κ3) is 5.67. The van der Waals surface area contributed by atoms with Gasteiger partial charge in [-0.1, -0.05) is 56.3 Å². The van der Waals surface area contributed by atoms with Gasteiger partial charge in [0.1, 0.15) is 5.56 Å². The van der Waals surface area contributed by atoms with Crippen molar-refractivity contribution in [2.75, 3.05) is 10.6 Å². The summed E-state index contributed by atoms with van der Waals surface area (Å²) in [5.74, 6) is -1.12. The average Bonchev–Trinajstić information content (AvgIpc) is 3.56. The number of hydrogen-bond acceptors (Lipinski definition) is 5. The summed E-state index contributed by atoms with van der Waals surface area (Å²) in [5, 5.41) is 13.4. The van der Waals surface area contributed by atoms with Gasteiger partial charge in [0.05, 0.1) is 17.6 Å². The Kier molecular flexibility index (Phi) is 7.31. The van der Waals surface area contributed by atoms with E-state index in [1.54, 1.807) is 49.4 Å². The van der Waals surface area contributed by atoms with E-state index in [1.807, 2.05) is 26.0 Å². The first-order valence-electron chi connectivity index (χ1n) is 12.9. The summed E-state index contributed by atoms with van der Waals surface area (Å²) >= 11 is 0. The second kappa shape index (κ2) is 10.9. The predicted molar refractivity (Wildman–Crippen MR) is 148 cm³/mol. The van der Waals surface area contributed by atoms with E-state index in [9.17, 15) is 22.8 Å². The molecule has 210 valence electrons. The Labute approximate surface area is 233 Å². The van der Waals surface area contributed by atoms with Crippen LogP contribution >= 0.6 is 0 Å². The lowest BCUT2D eigenvalue weighted by atomic mass is 10.0. The standard InChI is InChI=1S/C29H26F3N7O2/c1-4-38-16-23(25(37-38)28(41)34-20-8-6-5-7-9-20)36-27(40)21-15-33-39-24(29(30,31)32)14-22(35-26(21)39)19-12-10-18(11-13-19)17(2)3/h5-17H,4H2,1-3H3,(H,34,41)(H,36,40). The number of aryl methyl sites for hydroxylation is 1. The third-order valence-corrected chi connectivity index (χ3v) is 6.46. The van der Waals surface area contributed by atoms with Crippen LogP contribution in [0.4, 0.5) is 24.5 Å². The Balaban J connectivity index is 1.52. The smallest absolute Gasteiger partial charge is 0.321 e. The van der Waals surface area contributed by atoms with E-state index < -0.39 is 23.7 Å². The fourth-order valence-electron chi connectivity index (χ4n) is 4.26. The van der Waals surface area contributed by atoms with Gasteiger partial charge >= 0.3 is 6.18 Å². The van der Waals surface area contributed by atoms with Crippen molar-refractivity contribution in [1.29, 1.82) is 0 Å². The van der Waals surface area contributed by atoms with Crippen LogP contribution in [0.15, 0.2) is 73.1 Å². The first-order chi connectivity index (χ1) is 19.5. The maximum Gasteiger partial charge on any atom is 0.433 e. The molecule has 0 unspecified atom stereocenters. The van der Waals surface area contributed by atoms with Crippen molar-refractivity contribution in [1.82, 2.24) is 24.4 Å². The summed E-state index contributed by atoms with van der Waals surface area (Å²) in [4.78, 5) is 30.8. The van der Waals surface area contributed by atoms with Crippen molar-refractivity contribution >= 4 is 28.8 Å². The molecule has 0 spiro atoms. The number of fused-ring (bicyclic) bond motifs is 1. The van der Waals surface area contributed by atoms with Crippen LogP contribution in [-0.4, -0.2) is 36.2 Å². The minimum Gasteiger partial charge on any atom is -0.321 e. The van der Waals surface area contributed by atoms with E-state index in [-0.39, 0.29) is 34.2 Å². The van der Waals surface area contributed by atoms with Gasteiger partial charge in [0.2, 0.25) is 0 Å². The topological polar surface area (TPSA) is 106 Å². The number of aromatic nitrogens is 5. The van der Waals surface area contributed by atoms with Gasteiger partial charge < -0.3 is 10.6 Å². The molecular weight excluding hydrogens is 535 g/mol. The van der Waals surface area contributed by atoms with Crippen LogP contribution < -0.4 is 10.6 Å². The monoisotopic (exact) mass is 561 g/mol. The summed E-state index contributed by atoms with van der Waals surface area (Å²) in [6.07, 6.45) is -2.27. The highest BCUT2D eigenvalue weighted by Crippen LogP contribution is 2.33. The van der Waals surface area contributed by atoms with Gasteiger partial charge in [0, 0.05) is 24.0 Å². The molecule has 0 saturated heterocycles. The van der Waals surface area contributed by atoms with Gasteiger partial charge in [-0.05, 0) is 36.6 Å². The van der Waals surface area contributed by atoms with Gasteiger partial charge in [-0.25, -0.2) is 9.50 Å². The summed E-state index contributed by atoms with van der Waals surface area (Å²) in [7, 11) is 0. The molecule has 3 heterocycles. The molecule has 5 rings (SSSR count). The van der Waals surface area contributed by atoms with Crippen molar-refractivity contribution in [3.8, 4) is 11.3 Å². The number of anilines is 2. The number of carbonyl (C=O) groups is 2. The molecule has 0 atom stereocenters. The highest BCUT2D eigenvalue weighted by atomic mass is 19.4. The number of nitrogens with one attached hydrogen (secondary N) is 2. The Morgan fingerprint density at radius 3 is 2.32 bits per heavy atom. The zero-order chi connectivity index (χ0) is 29.3. The van der Waals surface area contributed by atoms with Crippen LogP contribution in [-0.2, 0) is 12.7 Å². The summed E-state index contributed by atoms with van der Waals surface area (Å²) in [5.41, 5.74) is 0.516. The van der Waals surface area contributed by atoms with Crippen molar-refractivity contribution in [3.63, 3.8) is 0 Å². The number of amides is 2. The number of alkyl halides is 3. The van der Waals surface area contributed by atoms with Gasteiger partial charge in [0.15, 0.2) is 17.0 Å². The third-order valence-electron chi connectivity index (χ3n) is 6.46. The Morgan fingerprint density at radius 1 is 0.976 bits per heavy atom. The SMILES string of the molecule is CCn1cc(NC(=O)c2cnn3c(C(F)(F)F)cc(-c4ccc(C(C)C)cc4)nc23)c(C(=O)Nc2ccccc2)n1. The molecule has 12 heteroatoms. The molecule has 2 aromatic carbocycles. The second-order valence-electron chi connectivity index (χ2n) is 9.62. The van der Waals surface area contributed by atoms with Crippen LogP contribution in [0.3, 0.4) is 0 Å². The number of nitrogens with zero attached hydrogens (tertiary/aromatic N) is 5. The van der Waals surface area contributed by atoms with Gasteiger partial charge in [0.25, 0.3) is 11.8 Å². The van der Waals surface area contributed by atoms with E-state index >= 15 is 0 Å². The number of carbonyl (C=O) groups excluding carboxylic acids is 2. The van der Waals surface area contributed by atoms with Crippen LogP contribution in [0.25, 0.3) is 16.9 Å². The highest BCUT2D eigenvalue weighted by Gasteiger charge is 2.36. The molecule has 0 fully saturated rings. The van der Waals surface area contributed by atoms with Gasteiger partial charge in [-0.2, -0.15) is 23.4 Å². The molecule has 0 aliphatic carbocycles. The fourth-order valence-corrected chi connectivity index (χ4v) is 4.26. The van der Waals surface area contributed by atoms with E-state index in [0.29, 0.717) is 22.3 Å². The number of benzene rings is 2. The molecular formula is C29H26F3N7O2. The maximum atomic E-state index is 14.1. The molecule has 0 saturated carbocycles. The lowest BCUT2D eigenvalue weighted by Crippen LogP contribution is -2.18. The van der Waals surface area contributed by atoms with Crippen molar-refractivity contribution in [3.05, 3.63) is 95.6 Å². The Hall–Kier alpha value is -5.00. The predicted octanol–water partition coefficient (Wildman–Crippen LogP) is 6.26. The molecule has 2 amide bonds. The summed E-state index contributed by atoms with van der Waals surface area (Å²) in [6.45, 7) is 6.24. The first-order valence-corrected chi connectivity index (χ1v) is 12.9.